The Morgan fingerprint density at radius 3 is 2.61 bits per heavy atom. The molecular formula is C16H19ClN4O2. The maximum Gasteiger partial charge on any atom is 0.270 e. The maximum atomic E-state index is 12.2. The molecule has 0 aliphatic carbocycles. The molecule has 1 heterocycles. The monoisotopic (exact) mass is 334 g/mol. The van der Waals surface area contributed by atoms with Gasteiger partial charge in [0.1, 0.15) is 23.6 Å². The minimum absolute atomic E-state index is 0.263. The predicted octanol–water partition coefficient (Wildman–Crippen LogP) is 3.41. The van der Waals surface area contributed by atoms with Crippen molar-refractivity contribution in [2.24, 2.45) is 0 Å². The summed E-state index contributed by atoms with van der Waals surface area (Å²) >= 11 is 6.00. The van der Waals surface area contributed by atoms with Crippen molar-refractivity contribution in [2.75, 3.05) is 12.4 Å². The van der Waals surface area contributed by atoms with Gasteiger partial charge in [-0.05, 0) is 39.0 Å². The van der Waals surface area contributed by atoms with Gasteiger partial charge in [-0.15, -0.1) is 0 Å². The van der Waals surface area contributed by atoms with Gasteiger partial charge in [0.05, 0.1) is 12.8 Å². The van der Waals surface area contributed by atoms with Crippen LogP contribution in [0.1, 0.15) is 31.3 Å². The standard InChI is InChI=1S/C16H19ClN4O2/c1-16(2,3)21-15(22)12-8-14(19-9-18-12)20-11-7-10(17)5-6-13(11)23-4/h5-9H,1-4H3,(H,21,22)(H,18,19,20). The quantitative estimate of drug-likeness (QED) is 0.896. The molecule has 1 aromatic carbocycles. The normalized spacial score (nSPS) is 11.0. The van der Waals surface area contributed by atoms with Crippen molar-refractivity contribution in [3.05, 3.63) is 41.3 Å². The van der Waals surface area contributed by atoms with Crippen LogP contribution in [0.4, 0.5) is 11.5 Å². The fraction of sp³-hybridized carbons (Fsp3) is 0.312. The van der Waals surface area contributed by atoms with E-state index < -0.39 is 0 Å². The molecule has 7 heteroatoms. The van der Waals surface area contributed by atoms with Gasteiger partial charge in [0.25, 0.3) is 5.91 Å². The van der Waals surface area contributed by atoms with E-state index in [0.717, 1.165) is 0 Å². The number of methoxy groups -OCH3 is 1. The number of rotatable bonds is 4. The van der Waals surface area contributed by atoms with Crippen LogP contribution >= 0.6 is 11.6 Å². The molecule has 0 bridgehead atoms. The number of halogens is 1. The third-order valence-corrected chi connectivity index (χ3v) is 3.05. The second-order valence-corrected chi connectivity index (χ2v) is 6.40. The third-order valence-electron chi connectivity index (χ3n) is 2.81. The summed E-state index contributed by atoms with van der Waals surface area (Å²) in [5.41, 5.74) is 0.588. The van der Waals surface area contributed by atoms with Crippen molar-refractivity contribution in [2.45, 2.75) is 26.3 Å². The van der Waals surface area contributed by atoms with Crippen LogP contribution < -0.4 is 15.4 Å². The topological polar surface area (TPSA) is 76.1 Å². The van der Waals surface area contributed by atoms with Crippen LogP contribution in [0.5, 0.6) is 5.75 Å². The van der Waals surface area contributed by atoms with E-state index in [-0.39, 0.29) is 17.1 Å². The van der Waals surface area contributed by atoms with Crippen LogP contribution in [-0.2, 0) is 0 Å². The fourth-order valence-electron chi connectivity index (χ4n) is 1.87. The second-order valence-electron chi connectivity index (χ2n) is 5.96. The van der Waals surface area contributed by atoms with Crippen LogP contribution in [0.2, 0.25) is 5.02 Å². The Bertz CT molecular complexity index is 713. The number of aromatic nitrogens is 2. The Morgan fingerprint density at radius 1 is 1.22 bits per heavy atom. The number of hydrogen-bond acceptors (Lipinski definition) is 5. The zero-order chi connectivity index (χ0) is 17.0. The molecule has 0 spiro atoms. The summed E-state index contributed by atoms with van der Waals surface area (Å²) in [5.74, 6) is 0.828. The van der Waals surface area contributed by atoms with Gasteiger partial charge in [-0.1, -0.05) is 11.6 Å². The van der Waals surface area contributed by atoms with Crippen LogP contribution in [0, 0.1) is 0 Å². The largest absolute Gasteiger partial charge is 0.495 e. The highest BCUT2D eigenvalue weighted by Crippen LogP contribution is 2.29. The average Bonchev–Trinajstić information content (AvgIpc) is 2.46. The first kappa shape index (κ1) is 17.0. The van der Waals surface area contributed by atoms with Gasteiger partial charge in [-0.25, -0.2) is 9.97 Å². The molecule has 23 heavy (non-hydrogen) atoms. The van der Waals surface area contributed by atoms with E-state index in [0.29, 0.717) is 22.3 Å². The summed E-state index contributed by atoms with van der Waals surface area (Å²) in [5, 5.41) is 6.50. The molecule has 0 aliphatic heterocycles. The highest BCUT2D eigenvalue weighted by atomic mass is 35.5. The van der Waals surface area contributed by atoms with E-state index >= 15 is 0 Å². The average molecular weight is 335 g/mol. The molecule has 122 valence electrons. The molecule has 0 aliphatic rings. The molecule has 2 rings (SSSR count). The number of nitrogens with one attached hydrogen (secondary N) is 2. The Morgan fingerprint density at radius 2 is 1.96 bits per heavy atom. The summed E-state index contributed by atoms with van der Waals surface area (Å²) in [4.78, 5) is 20.3. The first-order valence-electron chi connectivity index (χ1n) is 7.03. The minimum Gasteiger partial charge on any atom is -0.495 e. The van der Waals surface area contributed by atoms with Crippen molar-refractivity contribution < 1.29 is 9.53 Å². The molecule has 2 aromatic rings. The van der Waals surface area contributed by atoms with Crippen molar-refractivity contribution in [1.29, 1.82) is 0 Å². The van der Waals surface area contributed by atoms with Crippen LogP contribution in [0.3, 0.4) is 0 Å². The van der Waals surface area contributed by atoms with Crippen molar-refractivity contribution in [3.8, 4) is 5.75 Å². The van der Waals surface area contributed by atoms with Gasteiger partial charge in [-0.2, -0.15) is 0 Å². The molecule has 0 radical (unpaired) electrons. The molecule has 0 fully saturated rings. The molecule has 0 saturated heterocycles. The van der Waals surface area contributed by atoms with E-state index in [1.807, 2.05) is 20.8 Å². The molecule has 1 amide bonds. The van der Waals surface area contributed by atoms with E-state index in [1.54, 1.807) is 31.4 Å². The second kappa shape index (κ2) is 6.83. The zero-order valence-electron chi connectivity index (χ0n) is 13.5. The molecule has 0 atom stereocenters. The molecule has 0 unspecified atom stereocenters. The van der Waals surface area contributed by atoms with Crippen molar-refractivity contribution in [1.82, 2.24) is 15.3 Å². The minimum atomic E-state index is -0.341. The number of carbonyl (C=O) groups excluding carboxylic acids is 1. The van der Waals surface area contributed by atoms with E-state index in [9.17, 15) is 4.79 Å². The Hall–Kier alpha value is -2.34. The summed E-state index contributed by atoms with van der Waals surface area (Å²) in [6.07, 6.45) is 1.33. The zero-order valence-corrected chi connectivity index (χ0v) is 14.2. The van der Waals surface area contributed by atoms with Gasteiger partial charge in [0.2, 0.25) is 0 Å². The lowest BCUT2D eigenvalue weighted by Gasteiger charge is -2.20. The molecule has 1 aromatic heterocycles. The number of hydrogen-bond donors (Lipinski definition) is 2. The van der Waals surface area contributed by atoms with Crippen LogP contribution in [0.15, 0.2) is 30.6 Å². The Labute approximate surface area is 140 Å². The van der Waals surface area contributed by atoms with Crippen LogP contribution in [-0.4, -0.2) is 28.5 Å². The molecule has 0 saturated carbocycles. The number of nitrogens with zero attached hydrogens (tertiary/aromatic N) is 2. The van der Waals surface area contributed by atoms with E-state index in [2.05, 4.69) is 20.6 Å². The lowest BCUT2D eigenvalue weighted by molar-refractivity contribution is 0.0914. The predicted molar refractivity (Wildman–Crippen MR) is 90.5 cm³/mol. The number of benzene rings is 1. The first-order chi connectivity index (χ1) is 10.8. The number of anilines is 2. The van der Waals surface area contributed by atoms with Gasteiger partial charge < -0.3 is 15.4 Å². The van der Waals surface area contributed by atoms with Crippen molar-refractivity contribution in [3.63, 3.8) is 0 Å². The number of carbonyl (C=O) groups is 1. The van der Waals surface area contributed by atoms with E-state index in [4.69, 9.17) is 16.3 Å². The summed E-state index contributed by atoms with van der Waals surface area (Å²) < 4.78 is 5.27. The third kappa shape index (κ3) is 4.82. The molecular weight excluding hydrogens is 316 g/mol. The Kier molecular flexibility index (Phi) is 5.05. The van der Waals surface area contributed by atoms with Gasteiger partial charge >= 0.3 is 0 Å². The SMILES string of the molecule is COc1ccc(Cl)cc1Nc1cc(C(=O)NC(C)(C)C)ncn1. The van der Waals surface area contributed by atoms with Gasteiger partial charge in [0.15, 0.2) is 0 Å². The summed E-state index contributed by atoms with van der Waals surface area (Å²) in [7, 11) is 1.57. The first-order valence-corrected chi connectivity index (χ1v) is 7.41. The van der Waals surface area contributed by atoms with Crippen LogP contribution in [0.25, 0.3) is 0 Å². The van der Waals surface area contributed by atoms with E-state index in [1.165, 1.54) is 6.33 Å². The highest BCUT2D eigenvalue weighted by Gasteiger charge is 2.17. The van der Waals surface area contributed by atoms with Gasteiger partial charge in [0, 0.05) is 16.6 Å². The van der Waals surface area contributed by atoms with Crippen molar-refractivity contribution >= 4 is 29.0 Å². The maximum absolute atomic E-state index is 12.2. The highest BCUT2D eigenvalue weighted by molar-refractivity contribution is 6.31. The lowest BCUT2D eigenvalue weighted by atomic mass is 10.1. The lowest BCUT2D eigenvalue weighted by Crippen LogP contribution is -2.40. The Balaban J connectivity index is 2.24. The molecule has 6 nitrogen and oxygen atoms in total. The summed E-state index contributed by atoms with van der Waals surface area (Å²) in [6.45, 7) is 5.71. The smallest absolute Gasteiger partial charge is 0.270 e. The number of amides is 1. The summed E-state index contributed by atoms with van der Waals surface area (Å²) in [6, 6.07) is 6.77. The number of ether oxygens (including phenoxy) is 1. The van der Waals surface area contributed by atoms with Gasteiger partial charge in [-0.3, -0.25) is 4.79 Å². The fourth-order valence-corrected chi connectivity index (χ4v) is 2.04. The molecule has 2 N–H and O–H groups in total.